The third-order valence-electron chi connectivity index (χ3n) is 2.45. The number of likely N-dealkylation sites (N-methyl/N-ethyl adjacent to an activating group) is 1. The first-order valence-corrected chi connectivity index (χ1v) is 5.39. The minimum absolute atomic E-state index is 0.0603. The van der Waals surface area contributed by atoms with Crippen molar-refractivity contribution in [2.45, 2.75) is 13.0 Å². The van der Waals surface area contributed by atoms with Gasteiger partial charge in [-0.1, -0.05) is 6.07 Å². The van der Waals surface area contributed by atoms with Crippen LogP contribution >= 0.6 is 0 Å². The molecule has 1 aromatic rings. The van der Waals surface area contributed by atoms with Gasteiger partial charge < -0.3 is 20.5 Å². The van der Waals surface area contributed by atoms with E-state index in [1.165, 1.54) is 26.3 Å². The summed E-state index contributed by atoms with van der Waals surface area (Å²) in [7, 11) is 2.87. The van der Waals surface area contributed by atoms with Gasteiger partial charge in [0.25, 0.3) is 5.91 Å². The van der Waals surface area contributed by atoms with E-state index in [1.807, 2.05) is 0 Å². The van der Waals surface area contributed by atoms with E-state index in [0.717, 1.165) is 0 Å². The summed E-state index contributed by atoms with van der Waals surface area (Å²) in [6, 6.07) is 3.88. The van der Waals surface area contributed by atoms with Crippen molar-refractivity contribution in [2.75, 3.05) is 14.2 Å². The highest BCUT2D eigenvalue weighted by Gasteiger charge is 2.19. The first-order valence-electron chi connectivity index (χ1n) is 5.39. The standard InChI is InChI=1S/C12H16N2O4/c1-7(11(16)13-2)14-12(17)8-5-4-6-9(18-3)10(8)15/h4-7,15H,1-3H3,(H,13,16)(H,14,17). The second-order valence-electron chi connectivity index (χ2n) is 3.67. The number of aromatic hydroxyl groups is 1. The van der Waals surface area contributed by atoms with E-state index >= 15 is 0 Å². The number of hydrogen-bond acceptors (Lipinski definition) is 4. The second-order valence-corrected chi connectivity index (χ2v) is 3.67. The van der Waals surface area contributed by atoms with Gasteiger partial charge in [0.1, 0.15) is 6.04 Å². The highest BCUT2D eigenvalue weighted by molar-refractivity contribution is 6.00. The van der Waals surface area contributed by atoms with Crippen molar-refractivity contribution in [3.8, 4) is 11.5 Å². The Balaban J connectivity index is 2.88. The first-order chi connectivity index (χ1) is 8.51. The summed E-state index contributed by atoms with van der Waals surface area (Å²) in [6.07, 6.45) is 0. The maximum Gasteiger partial charge on any atom is 0.255 e. The lowest BCUT2D eigenvalue weighted by Crippen LogP contribution is -2.43. The van der Waals surface area contributed by atoms with Crippen LogP contribution in [-0.4, -0.2) is 37.1 Å². The van der Waals surface area contributed by atoms with Gasteiger partial charge in [0.2, 0.25) is 5.91 Å². The zero-order valence-corrected chi connectivity index (χ0v) is 10.5. The molecular weight excluding hydrogens is 236 g/mol. The predicted octanol–water partition coefficient (Wildman–Crippen LogP) is 0.265. The second kappa shape index (κ2) is 5.90. The third-order valence-corrected chi connectivity index (χ3v) is 2.45. The van der Waals surface area contributed by atoms with Crippen LogP contribution in [0.2, 0.25) is 0 Å². The number of methoxy groups -OCH3 is 1. The Hall–Kier alpha value is -2.24. The molecule has 1 unspecified atom stereocenters. The Labute approximate surface area is 105 Å². The van der Waals surface area contributed by atoms with Gasteiger partial charge in [-0.3, -0.25) is 9.59 Å². The van der Waals surface area contributed by atoms with Crippen molar-refractivity contribution >= 4 is 11.8 Å². The smallest absolute Gasteiger partial charge is 0.255 e. The van der Waals surface area contributed by atoms with Gasteiger partial charge in [0, 0.05) is 7.05 Å². The number of amides is 2. The van der Waals surface area contributed by atoms with Crippen LogP contribution in [0, 0.1) is 0 Å². The summed E-state index contributed by atoms with van der Waals surface area (Å²) in [5, 5.41) is 14.7. The fourth-order valence-electron chi connectivity index (χ4n) is 1.43. The van der Waals surface area contributed by atoms with Gasteiger partial charge in [-0.15, -0.1) is 0 Å². The fraction of sp³-hybridized carbons (Fsp3) is 0.333. The van der Waals surface area contributed by atoms with Crippen molar-refractivity contribution in [1.29, 1.82) is 0 Å². The molecule has 0 aliphatic carbocycles. The molecule has 2 amide bonds. The summed E-state index contributed by atoms with van der Waals surface area (Å²) in [5.74, 6) is -0.898. The van der Waals surface area contributed by atoms with Crippen molar-refractivity contribution in [3.05, 3.63) is 23.8 Å². The van der Waals surface area contributed by atoms with Crippen LogP contribution in [0.4, 0.5) is 0 Å². The van der Waals surface area contributed by atoms with Crippen LogP contribution in [0.25, 0.3) is 0 Å². The molecule has 0 heterocycles. The van der Waals surface area contributed by atoms with E-state index in [4.69, 9.17) is 4.74 Å². The van der Waals surface area contributed by atoms with E-state index in [9.17, 15) is 14.7 Å². The van der Waals surface area contributed by atoms with Crippen molar-refractivity contribution in [1.82, 2.24) is 10.6 Å². The SMILES string of the molecule is CNC(=O)C(C)NC(=O)c1cccc(OC)c1O. The van der Waals surface area contributed by atoms with Crippen LogP contribution in [0.1, 0.15) is 17.3 Å². The molecule has 0 aliphatic rings. The molecule has 0 fully saturated rings. The molecule has 0 aliphatic heterocycles. The Morgan fingerprint density at radius 3 is 2.61 bits per heavy atom. The Kier molecular flexibility index (Phi) is 4.53. The lowest BCUT2D eigenvalue weighted by molar-refractivity contribution is -0.122. The van der Waals surface area contributed by atoms with Crippen molar-refractivity contribution in [3.63, 3.8) is 0 Å². The Bertz CT molecular complexity index is 459. The Morgan fingerprint density at radius 2 is 2.06 bits per heavy atom. The van der Waals surface area contributed by atoms with Gasteiger partial charge in [-0.25, -0.2) is 0 Å². The number of rotatable bonds is 4. The molecular formula is C12H16N2O4. The normalized spacial score (nSPS) is 11.5. The minimum Gasteiger partial charge on any atom is -0.504 e. The molecule has 0 spiro atoms. The fourth-order valence-corrected chi connectivity index (χ4v) is 1.43. The summed E-state index contributed by atoms with van der Waals surface area (Å²) in [4.78, 5) is 23.1. The lowest BCUT2D eigenvalue weighted by Gasteiger charge is -2.13. The number of phenolic OH excluding ortho intramolecular Hbond substituents is 1. The number of benzene rings is 1. The van der Waals surface area contributed by atoms with Crippen molar-refractivity contribution < 1.29 is 19.4 Å². The van der Waals surface area contributed by atoms with E-state index in [1.54, 1.807) is 13.0 Å². The van der Waals surface area contributed by atoms with E-state index in [-0.39, 0.29) is 23.0 Å². The summed E-state index contributed by atoms with van der Waals surface area (Å²) in [6.45, 7) is 1.55. The lowest BCUT2D eigenvalue weighted by atomic mass is 10.1. The molecule has 0 saturated heterocycles. The maximum atomic E-state index is 11.9. The van der Waals surface area contributed by atoms with Crippen LogP contribution in [-0.2, 0) is 4.79 Å². The topological polar surface area (TPSA) is 87.7 Å². The number of carbonyl (C=O) groups excluding carboxylic acids is 2. The van der Waals surface area contributed by atoms with Gasteiger partial charge in [-0.05, 0) is 19.1 Å². The molecule has 98 valence electrons. The first kappa shape index (κ1) is 13.8. The predicted molar refractivity (Wildman–Crippen MR) is 65.7 cm³/mol. The van der Waals surface area contributed by atoms with Gasteiger partial charge in [0.15, 0.2) is 11.5 Å². The van der Waals surface area contributed by atoms with Gasteiger partial charge in [0.05, 0.1) is 12.7 Å². The molecule has 1 rings (SSSR count). The van der Waals surface area contributed by atoms with Gasteiger partial charge >= 0.3 is 0 Å². The number of para-hydroxylation sites is 1. The summed E-state index contributed by atoms with van der Waals surface area (Å²) < 4.78 is 4.90. The number of hydrogen-bond donors (Lipinski definition) is 3. The molecule has 0 bridgehead atoms. The molecule has 0 radical (unpaired) electrons. The highest BCUT2D eigenvalue weighted by Crippen LogP contribution is 2.29. The average Bonchev–Trinajstić information content (AvgIpc) is 2.37. The summed E-state index contributed by atoms with van der Waals surface area (Å²) in [5.41, 5.74) is 0.0603. The van der Waals surface area contributed by atoms with Crippen LogP contribution in [0.15, 0.2) is 18.2 Å². The zero-order chi connectivity index (χ0) is 13.7. The number of carbonyl (C=O) groups is 2. The largest absolute Gasteiger partial charge is 0.504 e. The number of phenols is 1. The minimum atomic E-state index is -0.687. The monoisotopic (exact) mass is 252 g/mol. The molecule has 18 heavy (non-hydrogen) atoms. The summed E-state index contributed by atoms with van der Waals surface area (Å²) >= 11 is 0. The van der Waals surface area contributed by atoms with Crippen molar-refractivity contribution in [2.24, 2.45) is 0 Å². The molecule has 1 atom stereocenters. The van der Waals surface area contributed by atoms with Crippen LogP contribution in [0.5, 0.6) is 11.5 Å². The molecule has 0 aromatic heterocycles. The third kappa shape index (κ3) is 2.91. The van der Waals surface area contributed by atoms with E-state index < -0.39 is 11.9 Å². The highest BCUT2D eigenvalue weighted by atomic mass is 16.5. The zero-order valence-electron chi connectivity index (χ0n) is 10.5. The molecule has 1 aromatic carbocycles. The number of nitrogens with one attached hydrogen (secondary N) is 2. The maximum absolute atomic E-state index is 11.9. The molecule has 0 saturated carbocycles. The van der Waals surface area contributed by atoms with E-state index in [2.05, 4.69) is 10.6 Å². The average molecular weight is 252 g/mol. The van der Waals surface area contributed by atoms with Crippen LogP contribution < -0.4 is 15.4 Å². The van der Waals surface area contributed by atoms with Crippen LogP contribution in [0.3, 0.4) is 0 Å². The Morgan fingerprint density at radius 1 is 1.39 bits per heavy atom. The number of ether oxygens (including phenoxy) is 1. The molecule has 6 nitrogen and oxygen atoms in total. The molecule has 6 heteroatoms. The van der Waals surface area contributed by atoms with E-state index in [0.29, 0.717) is 0 Å². The van der Waals surface area contributed by atoms with Gasteiger partial charge in [-0.2, -0.15) is 0 Å². The molecule has 3 N–H and O–H groups in total. The quantitative estimate of drug-likeness (QED) is 0.717.